The molecule has 0 spiro atoms. The molecule has 124 valence electrons. The van der Waals surface area contributed by atoms with E-state index in [4.69, 9.17) is 0 Å². The Hall–Kier alpha value is 0.870. The summed E-state index contributed by atoms with van der Waals surface area (Å²) in [7, 11) is 0. The van der Waals surface area contributed by atoms with Crippen molar-refractivity contribution in [3.05, 3.63) is 0 Å². The minimum absolute atomic E-state index is 1.03. The van der Waals surface area contributed by atoms with Crippen molar-refractivity contribution in [3.63, 3.8) is 0 Å². The molecule has 1 heteroatoms. The van der Waals surface area contributed by atoms with Crippen LogP contribution in [0.3, 0.4) is 0 Å². The Balaban J connectivity index is 4.08. The fraction of sp³-hybridized carbons (Fsp3) is 1.00. The summed E-state index contributed by atoms with van der Waals surface area (Å²) in [6.45, 7) is 7.03. The second-order valence-electron chi connectivity index (χ2n) is 7.02. The number of unbranched alkanes of at least 4 members (excludes halogenated alkanes) is 4. The van der Waals surface area contributed by atoms with E-state index in [0.29, 0.717) is 0 Å². The molecule has 0 saturated heterocycles. The standard InChI is InChI=1S/C20H41.In/c1-5-9-13-19(14-10-6-2)17-18-20(15-11-7-3)16-12-8-4;/h19-20H,1,5-18H2,2-4H3;. The Morgan fingerprint density at radius 3 is 1.24 bits per heavy atom. The second kappa shape index (κ2) is 17.2. The topological polar surface area (TPSA) is 0 Å². The fourth-order valence-corrected chi connectivity index (χ4v) is 4.22. The first-order valence-corrected chi connectivity index (χ1v) is 12.3. The summed E-state index contributed by atoms with van der Waals surface area (Å²) < 4.78 is 1.50. The molecule has 0 aromatic rings. The van der Waals surface area contributed by atoms with Crippen molar-refractivity contribution < 1.29 is 0 Å². The van der Waals surface area contributed by atoms with Gasteiger partial charge < -0.3 is 0 Å². The summed E-state index contributed by atoms with van der Waals surface area (Å²) in [5.41, 5.74) is 0. The summed E-state index contributed by atoms with van der Waals surface area (Å²) in [5, 5.41) is 0. The third-order valence-corrected chi connectivity index (χ3v) is 6.11. The van der Waals surface area contributed by atoms with Crippen molar-refractivity contribution in [2.24, 2.45) is 11.8 Å². The zero-order valence-corrected chi connectivity index (χ0v) is 18.6. The zero-order valence-electron chi connectivity index (χ0n) is 15.3. The van der Waals surface area contributed by atoms with Gasteiger partial charge in [-0.15, -0.1) is 0 Å². The van der Waals surface area contributed by atoms with Crippen molar-refractivity contribution in [2.75, 3.05) is 0 Å². The van der Waals surface area contributed by atoms with Crippen LogP contribution < -0.4 is 0 Å². The molecule has 1 unspecified atom stereocenters. The van der Waals surface area contributed by atoms with Gasteiger partial charge in [-0.05, 0) is 0 Å². The monoisotopic (exact) mass is 396 g/mol. The van der Waals surface area contributed by atoms with Crippen LogP contribution in [0.5, 0.6) is 0 Å². The van der Waals surface area contributed by atoms with Crippen molar-refractivity contribution in [1.29, 1.82) is 0 Å². The normalized spacial score (nSPS) is 13.0. The van der Waals surface area contributed by atoms with Gasteiger partial charge in [0.2, 0.25) is 0 Å². The molecule has 0 nitrogen and oxygen atoms in total. The zero-order chi connectivity index (χ0) is 15.8. The van der Waals surface area contributed by atoms with Gasteiger partial charge >= 0.3 is 151 Å². The molecule has 0 aliphatic heterocycles. The van der Waals surface area contributed by atoms with E-state index in [-0.39, 0.29) is 0 Å². The molecule has 0 heterocycles. The van der Waals surface area contributed by atoms with E-state index in [1.54, 1.807) is 0 Å². The second-order valence-corrected chi connectivity index (χ2v) is 8.67. The van der Waals surface area contributed by atoms with E-state index in [9.17, 15) is 0 Å². The van der Waals surface area contributed by atoms with Gasteiger partial charge in [-0.25, -0.2) is 0 Å². The minimum atomic E-state index is 1.03. The van der Waals surface area contributed by atoms with Gasteiger partial charge in [0.15, 0.2) is 0 Å². The van der Waals surface area contributed by atoms with Gasteiger partial charge in [-0.2, -0.15) is 0 Å². The van der Waals surface area contributed by atoms with Gasteiger partial charge in [-0.1, -0.05) is 0 Å². The van der Waals surface area contributed by atoms with Crippen LogP contribution in [0.15, 0.2) is 0 Å². The van der Waals surface area contributed by atoms with Crippen molar-refractivity contribution in [3.8, 4) is 0 Å². The fourth-order valence-electron chi connectivity index (χ4n) is 3.39. The van der Waals surface area contributed by atoms with Gasteiger partial charge in [0.05, 0.1) is 0 Å². The third kappa shape index (κ3) is 14.2. The molecule has 0 aromatic carbocycles. The molecule has 0 N–H and O–H groups in total. The average molecular weight is 396 g/mol. The van der Waals surface area contributed by atoms with Crippen LogP contribution in [0.2, 0.25) is 4.18 Å². The summed E-state index contributed by atoms with van der Waals surface area (Å²) in [5.74, 6) is 2.08. The Labute approximate surface area is 150 Å². The summed E-state index contributed by atoms with van der Waals surface area (Å²) in [4.78, 5) is 0. The SMILES string of the molecule is CCCCC(CCCC)CCC(CCCC)CCC[CH2][In]. The molecule has 0 saturated carbocycles. The van der Waals surface area contributed by atoms with Crippen LogP contribution in [0.1, 0.15) is 111 Å². The maximum atomic E-state index is 2.35. The van der Waals surface area contributed by atoms with Crippen molar-refractivity contribution >= 4 is 24.4 Å². The predicted molar refractivity (Wildman–Crippen MR) is 99.2 cm³/mol. The van der Waals surface area contributed by atoms with E-state index in [0.717, 1.165) is 11.8 Å². The van der Waals surface area contributed by atoms with Crippen LogP contribution in [-0.4, -0.2) is 24.4 Å². The molecule has 0 aliphatic carbocycles. The van der Waals surface area contributed by atoms with Crippen molar-refractivity contribution in [2.45, 2.75) is 115 Å². The average Bonchev–Trinajstić information content (AvgIpc) is 2.51. The molecule has 2 radical (unpaired) electrons. The first-order chi connectivity index (χ1) is 10.3. The first kappa shape index (κ1) is 21.9. The summed E-state index contributed by atoms with van der Waals surface area (Å²) in [6, 6.07) is 0. The van der Waals surface area contributed by atoms with Crippen LogP contribution >= 0.6 is 0 Å². The molecule has 0 aromatic heterocycles. The van der Waals surface area contributed by atoms with E-state index in [1.165, 1.54) is 118 Å². The molecule has 0 amide bonds. The van der Waals surface area contributed by atoms with Crippen LogP contribution in [0.4, 0.5) is 0 Å². The predicted octanol–water partition coefficient (Wildman–Crippen LogP) is 7.33. The number of hydrogen-bond acceptors (Lipinski definition) is 0. The third-order valence-electron chi connectivity index (χ3n) is 4.95. The van der Waals surface area contributed by atoms with E-state index >= 15 is 0 Å². The molecular formula is C20H41In. The van der Waals surface area contributed by atoms with Gasteiger partial charge in [-0.3, -0.25) is 0 Å². The molecule has 21 heavy (non-hydrogen) atoms. The summed E-state index contributed by atoms with van der Waals surface area (Å²) >= 11 is 1.46. The number of hydrogen-bond donors (Lipinski definition) is 0. The Bertz CT molecular complexity index is 182. The van der Waals surface area contributed by atoms with Gasteiger partial charge in [0.25, 0.3) is 0 Å². The molecular weight excluding hydrogens is 355 g/mol. The van der Waals surface area contributed by atoms with E-state index < -0.39 is 0 Å². The quantitative estimate of drug-likeness (QED) is 0.240. The van der Waals surface area contributed by atoms with Gasteiger partial charge in [0, 0.05) is 0 Å². The summed E-state index contributed by atoms with van der Waals surface area (Å²) in [6.07, 6.45) is 20.6. The Morgan fingerprint density at radius 2 is 0.905 bits per heavy atom. The molecule has 0 aliphatic rings. The Morgan fingerprint density at radius 1 is 0.524 bits per heavy atom. The van der Waals surface area contributed by atoms with Crippen LogP contribution in [-0.2, 0) is 0 Å². The molecule has 0 fully saturated rings. The molecule has 1 atom stereocenters. The molecule has 0 bridgehead atoms. The van der Waals surface area contributed by atoms with E-state index in [2.05, 4.69) is 20.8 Å². The maximum absolute atomic E-state index is 2.35. The van der Waals surface area contributed by atoms with Gasteiger partial charge in [0.1, 0.15) is 0 Å². The van der Waals surface area contributed by atoms with E-state index in [1.807, 2.05) is 0 Å². The van der Waals surface area contributed by atoms with Crippen LogP contribution in [0.25, 0.3) is 0 Å². The molecule has 0 rings (SSSR count). The number of rotatable bonds is 16. The first-order valence-electron chi connectivity index (χ1n) is 9.98. The Kier molecular flexibility index (Phi) is 17.9. The van der Waals surface area contributed by atoms with Crippen LogP contribution in [0, 0.1) is 11.8 Å². The van der Waals surface area contributed by atoms with Crippen molar-refractivity contribution in [1.82, 2.24) is 0 Å².